The van der Waals surface area contributed by atoms with Crippen LogP contribution in [-0.4, -0.2) is 16.8 Å². The second-order valence-electron chi connectivity index (χ2n) is 3.14. The molecule has 0 radical (unpaired) electrons. The summed E-state index contributed by atoms with van der Waals surface area (Å²) in [5, 5.41) is 0.468. The first kappa shape index (κ1) is 13.1. The lowest BCUT2D eigenvalue weighted by Gasteiger charge is -1.94. The highest BCUT2D eigenvalue weighted by Gasteiger charge is 2.16. The number of halogens is 2. The van der Waals surface area contributed by atoms with Gasteiger partial charge in [0, 0.05) is 26.1 Å². The molecule has 2 aromatic rings. The molecule has 0 aliphatic rings. The number of hydrogen-bond acceptors (Lipinski definition) is 5. The SMILES string of the molecule is O=S(=O)(Cl)c1ccc2sc(S(=O)(=O)Cl)cc2c1. The molecule has 0 bridgehead atoms. The Bertz CT molecular complexity index is 759. The quantitative estimate of drug-likeness (QED) is 0.794. The fourth-order valence-corrected chi connectivity index (χ4v) is 4.18. The normalized spacial score (nSPS) is 13.1. The molecule has 0 aliphatic carbocycles. The summed E-state index contributed by atoms with van der Waals surface area (Å²) in [6.45, 7) is 0. The molecule has 0 saturated heterocycles. The molecule has 0 fully saturated rings. The highest BCUT2D eigenvalue weighted by molar-refractivity contribution is 8.15. The molecule has 9 heteroatoms. The van der Waals surface area contributed by atoms with Crippen LogP contribution in [-0.2, 0) is 18.1 Å². The maximum Gasteiger partial charge on any atom is 0.270 e. The zero-order valence-electron chi connectivity index (χ0n) is 7.92. The Hall–Kier alpha value is -0.340. The highest BCUT2D eigenvalue weighted by atomic mass is 35.7. The van der Waals surface area contributed by atoms with E-state index < -0.39 is 18.1 Å². The van der Waals surface area contributed by atoms with Crippen molar-refractivity contribution >= 4 is 60.9 Å². The second-order valence-corrected chi connectivity index (χ2v) is 9.58. The predicted octanol–water partition coefficient (Wildman–Crippen LogP) is 2.76. The highest BCUT2D eigenvalue weighted by Crippen LogP contribution is 2.32. The minimum absolute atomic E-state index is 0.0294. The Labute approximate surface area is 111 Å². The van der Waals surface area contributed by atoms with Gasteiger partial charge in [-0.1, -0.05) is 0 Å². The van der Waals surface area contributed by atoms with Crippen LogP contribution in [0.15, 0.2) is 33.4 Å². The van der Waals surface area contributed by atoms with Crippen molar-refractivity contribution in [3.63, 3.8) is 0 Å². The topological polar surface area (TPSA) is 68.3 Å². The van der Waals surface area contributed by atoms with Gasteiger partial charge in [-0.2, -0.15) is 0 Å². The number of hydrogen-bond donors (Lipinski definition) is 0. The fraction of sp³-hybridized carbons (Fsp3) is 0. The van der Waals surface area contributed by atoms with Crippen LogP contribution < -0.4 is 0 Å². The van der Waals surface area contributed by atoms with Crippen molar-refractivity contribution in [2.24, 2.45) is 0 Å². The lowest BCUT2D eigenvalue weighted by molar-refractivity contribution is 0.609. The van der Waals surface area contributed by atoms with E-state index in [2.05, 4.69) is 0 Å². The van der Waals surface area contributed by atoms with Gasteiger partial charge in [0.15, 0.2) is 0 Å². The zero-order chi connectivity index (χ0) is 12.8. The van der Waals surface area contributed by atoms with Crippen LogP contribution in [0, 0.1) is 0 Å². The van der Waals surface area contributed by atoms with Gasteiger partial charge in [0.05, 0.1) is 4.90 Å². The first-order valence-electron chi connectivity index (χ1n) is 4.11. The molecule has 0 amide bonds. The summed E-state index contributed by atoms with van der Waals surface area (Å²) in [5.74, 6) is 0. The van der Waals surface area contributed by atoms with Gasteiger partial charge in [0.25, 0.3) is 18.1 Å². The smallest absolute Gasteiger partial charge is 0.207 e. The molecule has 92 valence electrons. The zero-order valence-corrected chi connectivity index (χ0v) is 11.9. The van der Waals surface area contributed by atoms with E-state index in [1.54, 1.807) is 0 Å². The van der Waals surface area contributed by atoms with Crippen molar-refractivity contribution in [1.29, 1.82) is 0 Å². The molecular weight excluding hydrogens is 327 g/mol. The van der Waals surface area contributed by atoms with Crippen molar-refractivity contribution in [3.05, 3.63) is 24.3 Å². The van der Waals surface area contributed by atoms with Crippen LogP contribution in [0.5, 0.6) is 0 Å². The molecule has 1 aromatic carbocycles. The Morgan fingerprint density at radius 3 is 2.12 bits per heavy atom. The maximum atomic E-state index is 11.1. The summed E-state index contributed by atoms with van der Waals surface area (Å²) >= 11 is 0.966. The van der Waals surface area contributed by atoms with Crippen LogP contribution in [0.4, 0.5) is 0 Å². The Balaban J connectivity index is 2.73. The molecule has 0 saturated carbocycles. The van der Waals surface area contributed by atoms with Crippen molar-refractivity contribution < 1.29 is 16.8 Å². The van der Waals surface area contributed by atoms with E-state index in [1.807, 2.05) is 0 Å². The van der Waals surface area contributed by atoms with Crippen molar-refractivity contribution in [2.45, 2.75) is 9.10 Å². The van der Waals surface area contributed by atoms with E-state index in [4.69, 9.17) is 21.4 Å². The van der Waals surface area contributed by atoms with Gasteiger partial charge in [-0.25, -0.2) is 16.8 Å². The van der Waals surface area contributed by atoms with E-state index in [9.17, 15) is 16.8 Å². The van der Waals surface area contributed by atoms with E-state index in [0.717, 1.165) is 11.3 Å². The summed E-state index contributed by atoms with van der Waals surface area (Å²) in [6.07, 6.45) is 0. The number of benzene rings is 1. The summed E-state index contributed by atoms with van der Waals surface area (Å²) < 4.78 is 45.0. The minimum atomic E-state index is -3.83. The van der Waals surface area contributed by atoms with Crippen LogP contribution in [0.25, 0.3) is 10.1 Å². The molecule has 0 unspecified atom stereocenters. The molecule has 0 atom stereocenters. The molecule has 1 aromatic heterocycles. The minimum Gasteiger partial charge on any atom is -0.207 e. The van der Waals surface area contributed by atoms with E-state index in [-0.39, 0.29) is 9.10 Å². The molecule has 0 aliphatic heterocycles. The number of thiophene rings is 1. The third-order valence-corrected chi connectivity index (χ3v) is 6.53. The van der Waals surface area contributed by atoms with Gasteiger partial charge >= 0.3 is 0 Å². The average Bonchev–Trinajstić information content (AvgIpc) is 2.57. The monoisotopic (exact) mass is 330 g/mol. The molecule has 2 rings (SSSR count). The van der Waals surface area contributed by atoms with Crippen molar-refractivity contribution in [3.8, 4) is 0 Å². The molecule has 4 nitrogen and oxygen atoms in total. The summed E-state index contributed by atoms with van der Waals surface area (Å²) in [7, 11) is 2.75. The largest absolute Gasteiger partial charge is 0.270 e. The predicted molar refractivity (Wildman–Crippen MR) is 67.9 cm³/mol. The van der Waals surface area contributed by atoms with Crippen LogP contribution >= 0.6 is 32.7 Å². The van der Waals surface area contributed by atoms with Crippen LogP contribution in [0.1, 0.15) is 0 Å². The first-order chi connectivity index (χ1) is 7.68. The summed E-state index contributed by atoms with van der Waals surface area (Å²) in [6, 6.07) is 5.42. The maximum absolute atomic E-state index is 11.1. The fourth-order valence-electron chi connectivity index (χ4n) is 1.27. The van der Waals surface area contributed by atoms with Crippen molar-refractivity contribution in [1.82, 2.24) is 0 Å². The third kappa shape index (κ3) is 2.74. The summed E-state index contributed by atoms with van der Waals surface area (Å²) in [4.78, 5) is -0.0806. The summed E-state index contributed by atoms with van der Waals surface area (Å²) in [5.41, 5.74) is 0. The Kier molecular flexibility index (Phi) is 3.16. The van der Waals surface area contributed by atoms with E-state index in [0.29, 0.717) is 10.1 Å². The Morgan fingerprint density at radius 1 is 0.941 bits per heavy atom. The van der Waals surface area contributed by atoms with Gasteiger partial charge in [-0.05, 0) is 29.7 Å². The third-order valence-electron chi connectivity index (χ3n) is 1.99. The van der Waals surface area contributed by atoms with Gasteiger partial charge in [-0.15, -0.1) is 11.3 Å². The van der Waals surface area contributed by atoms with Crippen LogP contribution in [0.3, 0.4) is 0 Å². The van der Waals surface area contributed by atoms with Gasteiger partial charge < -0.3 is 0 Å². The number of fused-ring (bicyclic) bond motifs is 1. The lowest BCUT2D eigenvalue weighted by Crippen LogP contribution is -1.88. The molecule has 0 N–H and O–H groups in total. The van der Waals surface area contributed by atoms with Crippen LogP contribution in [0.2, 0.25) is 0 Å². The van der Waals surface area contributed by atoms with Gasteiger partial charge in [0.1, 0.15) is 4.21 Å². The second kappa shape index (κ2) is 4.10. The van der Waals surface area contributed by atoms with E-state index in [1.165, 1.54) is 24.3 Å². The van der Waals surface area contributed by atoms with Gasteiger partial charge in [0.2, 0.25) is 0 Å². The van der Waals surface area contributed by atoms with E-state index >= 15 is 0 Å². The first-order valence-corrected chi connectivity index (χ1v) is 9.54. The standard InChI is InChI=1S/C8H4Cl2O4S3/c9-16(11,12)6-1-2-7-5(3-6)4-8(15-7)17(10,13)14/h1-4H. The lowest BCUT2D eigenvalue weighted by atomic mass is 10.3. The molecule has 1 heterocycles. The van der Waals surface area contributed by atoms with Crippen molar-refractivity contribution in [2.75, 3.05) is 0 Å². The molecular formula is C8H4Cl2O4S3. The Morgan fingerprint density at radius 2 is 1.59 bits per heavy atom. The molecule has 17 heavy (non-hydrogen) atoms. The average molecular weight is 331 g/mol. The van der Waals surface area contributed by atoms with Gasteiger partial charge in [-0.3, -0.25) is 0 Å². The number of rotatable bonds is 2. The molecule has 0 spiro atoms.